The maximum atomic E-state index is 4.47. The van der Waals surface area contributed by atoms with Crippen LogP contribution in [0.5, 0.6) is 0 Å². The minimum atomic E-state index is 0.489. The highest BCUT2D eigenvalue weighted by molar-refractivity contribution is 5.80. The molecule has 1 saturated carbocycles. The largest absolute Gasteiger partial charge is 0.352 e. The molecular formula is C19H26N6. The van der Waals surface area contributed by atoms with Crippen LogP contribution in [0.25, 0.3) is 11.3 Å². The van der Waals surface area contributed by atoms with E-state index in [0.29, 0.717) is 12.6 Å². The number of hydrogen-bond donors (Lipinski definition) is 3. The van der Waals surface area contributed by atoms with E-state index in [0.717, 1.165) is 35.6 Å². The number of guanidine groups is 1. The van der Waals surface area contributed by atoms with Crippen LogP contribution in [-0.4, -0.2) is 53.0 Å². The molecule has 4 rings (SSSR count). The first-order valence-electron chi connectivity index (χ1n) is 9.12. The van der Waals surface area contributed by atoms with Crippen molar-refractivity contribution in [2.45, 2.75) is 37.9 Å². The molecule has 0 bridgehead atoms. The molecule has 6 nitrogen and oxygen atoms in total. The van der Waals surface area contributed by atoms with Gasteiger partial charge >= 0.3 is 0 Å². The van der Waals surface area contributed by atoms with Gasteiger partial charge in [-0.3, -0.25) is 9.89 Å². The molecule has 3 N–H and O–H groups in total. The second kappa shape index (κ2) is 7.27. The standard InChI is InChI=1S/C19H26N6/c1-20-19(23-15-9-10-25(13-15)16-7-8-16)22-12-18-21-11-17(24-18)14-5-3-2-4-6-14/h2-6,11,15-16H,7-10,12-13H2,1H3,(H,21,24)(H2,20,22,23). The van der Waals surface area contributed by atoms with Crippen molar-refractivity contribution in [3.05, 3.63) is 42.4 Å². The maximum Gasteiger partial charge on any atom is 0.191 e. The Morgan fingerprint density at radius 3 is 2.88 bits per heavy atom. The number of aliphatic imine (C=N–C) groups is 1. The molecule has 1 aromatic carbocycles. The van der Waals surface area contributed by atoms with E-state index in [1.807, 2.05) is 31.4 Å². The van der Waals surface area contributed by atoms with E-state index in [-0.39, 0.29) is 0 Å². The number of rotatable bonds is 5. The van der Waals surface area contributed by atoms with Gasteiger partial charge in [0.25, 0.3) is 0 Å². The third kappa shape index (κ3) is 4.02. The number of imidazole rings is 1. The number of nitrogens with zero attached hydrogens (tertiary/aromatic N) is 3. The van der Waals surface area contributed by atoms with Crippen LogP contribution in [0, 0.1) is 0 Å². The van der Waals surface area contributed by atoms with Gasteiger partial charge in [0.2, 0.25) is 0 Å². The van der Waals surface area contributed by atoms with Crippen molar-refractivity contribution in [2.24, 2.45) is 4.99 Å². The van der Waals surface area contributed by atoms with E-state index in [1.165, 1.54) is 25.8 Å². The van der Waals surface area contributed by atoms with Crippen molar-refractivity contribution < 1.29 is 0 Å². The molecule has 132 valence electrons. The normalized spacial score (nSPS) is 21.5. The predicted octanol–water partition coefficient (Wildman–Crippen LogP) is 1.98. The summed E-state index contributed by atoms with van der Waals surface area (Å²) in [6, 6.07) is 11.6. The summed E-state index contributed by atoms with van der Waals surface area (Å²) in [5.74, 6) is 1.76. The topological polar surface area (TPSA) is 68.3 Å². The third-order valence-corrected chi connectivity index (χ3v) is 4.98. The molecule has 0 spiro atoms. The number of nitrogens with one attached hydrogen (secondary N) is 3. The molecule has 1 unspecified atom stereocenters. The highest BCUT2D eigenvalue weighted by Crippen LogP contribution is 2.29. The molecule has 0 radical (unpaired) electrons. The zero-order valence-electron chi connectivity index (χ0n) is 14.7. The first-order chi connectivity index (χ1) is 12.3. The SMILES string of the molecule is CN=C(NCc1ncc(-c2ccccc2)[nH]1)NC1CCN(C2CC2)C1. The molecule has 6 heteroatoms. The van der Waals surface area contributed by atoms with Crippen molar-refractivity contribution in [2.75, 3.05) is 20.1 Å². The molecule has 2 aliphatic rings. The number of benzene rings is 1. The Labute approximate surface area is 148 Å². The fourth-order valence-electron chi connectivity index (χ4n) is 3.45. The second-order valence-electron chi connectivity index (χ2n) is 6.89. The van der Waals surface area contributed by atoms with Crippen LogP contribution in [0.2, 0.25) is 0 Å². The molecule has 1 atom stereocenters. The van der Waals surface area contributed by atoms with Crippen molar-refractivity contribution in [3.63, 3.8) is 0 Å². The van der Waals surface area contributed by atoms with E-state index in [2.05, 4.69) is 42.6 Å². The zero-order valence-corrected chi connectivity index (χ0v) is 14.7. The Morgan fingerprint density at radius 2 is 2.12 bits per heavy atom. The van der Waals surface area contributed by atoms with Crippen LogP contribution in [0.15, 0.2) is 41.5 Å². The van der Waals surface area contributed by atoms with E-state index < -0.39 is 0 Å². The fraction of sp³-hybridized carbons (Fsp3) is 0.474. The average Bonchev–Trinajstić information content (AvgIpc) is 3.21. The summed E-state index contributed by atoms with van der Waals surface area (Å²) in [6.45, 7) is 2.97. The Bertz CT molecular complexity index is 719. The van der Waals surface area contributed by atoms with E-state index in [4.69, 9.17) is 0 Å². The lowest BCUT2D eigenvalue weighted by Gasteiger charge is -2.18. The molecule has 2 aromatic rings. The zero-order chi connectivity index (χ0) is 17.1. The van der Waals surface area contributed by atoms with Gasteiger partial charge in [-0.2, -0.15) is 0 Å². The third-order valence-electron chi connectivity index (χ3n) is 4.98. The average molecular weight is 338 g/mol. The van der Waals surface area contributed by atoms with Gasteiger partial charge in [-0.1, -0.05) is 30.3 Å². The van der Waals surface area contributed by atoms with Gasteiger partial charge in [-0.05, 0) is 24.8 Å². The fourth-order valence-corrected chi connectivity index (χ4v) is 3.45. The molecule has 2 heterocycles. The number of aromatic nitrogens is 2. The molecule has 1 saturated heterocycles. The molecule has 2 fully saturated rings. The van der Waals surface area contributed by atoms with E-state index in [9.17, 15) is 0 Å². The predicted molar refractivity (Wildman–Crippen MR) is 100 cm³/mol. The van der Waals surface area contributed by atoms with Crippen LogP contribution in [0.1, 0.15) is 25.1 Å². The summed E-state index contributed by atoms with van der Waals surface area (Å²) < 4.78 is 0. The van der Waals surface area contributed by atoms with Crippen molar-refractivity contribution >= 4 is 5.96 Å². The second-order valence-corrected chi connectivity index (χ2v) is 6.89. The van der Waals surface area contributed by atoms with Gasteiger partial charge in [-0.15, -0.1) is 0 Å². The number of aromatic amines is 1. The van der Waals surface area contributed by atoms with Crippen LogP contribution in [0.4, 0.5) is 0 Å². The van der Waals surface area contributed by atoms with Crippen LogP contribution in [0.3, 0.4) is 0 Å². The highest BCUT2D eigenvalue weighted by Gasteiger charge is 2.34. The summed E-state index contributed by atoms with van der Waals surface area (Å²) in [5, 5.41) is 6.91. The van der Waals surface area contributed by atoms with E-state index in [1.54, 1.807) is 0 Å². The molecular weight excluding hydrogens is 312 g/mol. The van der Waals surface area contributed by atoms with Gasteiger partial charge in [0.15, 0.2) is 5.96 Å². The first kappa shape index (κ1) is 16.1. The lowest BCUT2D eigenvalue weighted by molar-refractivity contribution is 0.321. The summed E-state index contributed by atoms with van der Waals surface area (Å²) in [7, 11) is 1.82. The quantitative estimate of drug-likeness (QED) is 0.576. The van der Waals surface area contributed by atoms with Gasteiger partial charge in [0, 0.05) is 32.2 Å². The van der Waals surface area contributed by atoms with Crippen molar-refractivity contribution in [1.82, 2.24) is 25.5 Å². The summed E-state index contributed by atoms with van der Waals surface area (Å²) >= 11 is 0. The summed E-state index contributed by atoms with van der Waals surface area (Å²) in [5.41, 5.74) is 2.19. The smallest absolute Gasteiger partial charge is 0.191 e. The first-order valence-corrected chi connectivity index (χ1v) is 9.12. The number of likely N-dealkylation sites (tertiary alicyclic amines) is 1. The van der Waals surface area contributed by atoms with Crippen molar-refractivity contribution in [1.29, 1.82) is 0 Å². The molecule has 1 aromatic heterocycles. The number of H-pyrrole nitrogens is 1. The van der Waals surface area contributed by atoms with Crippen LogP contribution >= 0.6 is 0 Å². The minimum absolute atomic E-state index is 0.489. The lowest BCUT2D eigenvalue weighted by Crippen LogP contribution is -2.44. The molecule has 0 amide bonds. The highest BCUT2D eigenvalue weighted by atomic mass is 15.3. The molecule has 1 aliphatic heterocycles. The Morgan fingerprint density at radius 1 is 1.28 bits per heavy atom. The van der Waals surface area contributed by atoms with Crippen LogP contribution in [-0.2, 0) is 6.54 Å². The number of hydrogen-bond acceptors (Lipinski definition) is 3. The Hall–Kier alpha value is -2.34. The van der Waals surface area contributed by atoms with Gasteiger partial charge in [-0.25, -0.2) is 4.98 Å². The Kier molecular flexibility index (Phi) is 4.70. The molecule has 25 heavy (non-hydrogen) atoms. The monoisotopic (exact) mass is 338 g/mol. The summed E-state index contributed by atoms with van der Waals surface area (Å²) in [4.78, 5) is 14.8. The van der Waals surface area contributed by atoms with Gasteiger partial charge in [0.05, 0.1) is 18.4 Å². The van der Waals surface area contributed by atoms with Crippen LogP contribution < -0.4 is 10.6 Å². The Balaban J connectivity index is 1.29. The van der Waals surface area contributed by atoms with E-state index >= 15 is 0 Å². The van der Waals surface area contributed by atoms with Crippen molar-refractivity contribution in [3.8, 4) is 11.3 Å². The maximum absolute atomic E-state index is 4.47. The molecule has 1 aliphatic carbocycles. The lowest BCUT2D eigenvalue weighted by atomic mass is 10.2. The summed E-state index contributed by atoms with van der Waals surface area (Å²) in [6.07, 6.45) is 5.83. The van der Waals surface area contributed by atoms with Gasteiger partial charge < -0.3 is 15.6 Å². The minimum Gasteiger partial charge on any atom is -0.352 e. The van der Waals surface area contributed by atoms with Gasteiger partial charge in [0.1, 0.15) is 5.82 Å².